The van der Waals surface area contributed by atoms with E-state index in [1.54, 1.807) is 61.1 Å². The van der Waals surface area contributed by atoms with Crippen molar-refractivity contribution in [1.82, 2.24) is 63.5 Å². The van der Waals surface area contributed by atoms with Gasteiger partial charge in [0.1, 0.15) is 76.0 Å². The average molecular weight is 1640 g/mol. The number of carbonyl (C=O) groups excluding carboxylic acids is 12. The second-order valence-corrected chi connectivity index (χ2v) is 28.5. The molecule has 40 nitrogen and oxygen atoms in total. The van der Waals surface area contributed by atoms with Crippen molar-refractivity contribution in [3.05, 3.63) is 114 Å². The number of nitrogens with one attached hydrogen (secondary N) is 11. The number of nitrogens with two attached hydrogens (primary N) is 1. The van der Waals surface area contributed by atoms with Gasteiger partial charge in [0, 0.05) is 80.0 Å². The van der Waals surface area contributed by atoms with E-state index < -0.39 is 247 Å². The number of carboxylic acid groups (broad SMARTS) is 4. The maximum atomic E-state index is 14.9. The van der Waals surface area contributed by atoms with Crippen molar-refractivity contribution in [1.29, 1.82) is 0 Å². The Balaban J connectivity index is 1.40. The first-order valence-corrected chi connectivity index (χ1v) is 38.0. The number of carboxylic acids is 4. The van der Waals surface area contributed by atoms with Crippen LogP contribution in [0, 0.1) is 11.8 Å². The van der Waals surface area contributed by atoms with Gasteiger partial charge in [0.2, 0.25) is 70.9 Å². The van der Waals surface area contributed by atoms with E-state index in [9.17, 15) is 115 Å². The lowest BCUT2D eigenvalue weighted by Gasteiger charge is -2.29. The zero-order valence-corrected chi connectivity index (χ0v) is 65.2. The number of oxazole rings is 1. The number of methoxy groups -OCH3 is 1. The summed E-state index contributed by atoms with van der Waals surface area (Å²) in [7, 11) is -3.70. The molecule has 3 aromatic carbocycles. The largest absolute Gasteiger partial charge is 0.744 e. The van der Waals surface area contributed by atoms with Gasteiger partial charge in [-0.1, -0.05) is 64.8 Å². The summed E-state index contributed by atoms with van der Waals surface area (Å²) >= 11 is 0. The normalized spacial score (nSPS) is 14.0. The Kier molecular flexibility index (Phi) is 36.4. The number of primary amides is 1. The van der Waals surface area contributed by atoms with Gasteiger partial charge in [-0.3, -0.25) is 76.7 Å². The van der Waals surface area contributed by atoms with Crippen LogP contribution in [0.4, 0.5) is 0 Å². The van der Waals surface area contributed by atoms with Crippen LogP contribution in [0.1, 0.15) is 134 Å². The van der Waals surface area contributed by atoms with Crippen LogP contribution in [0.25, 0.3) is 22.8 Å². The van der Waals surface area contributed by atoms with E-state index in [0.717, 1.165) is 13.0 Å². The zero-order chi connectivity index (χ0) is 86.3. The third kappa shape index (κ3) is 30.5. The van der Waals surface area contributed by atoms with Gasteiger partial charge in [-0.2, -0.15) is 0 Å². The van der Waals surface area contributed by atoms with Crippen LogP contribution < -0.4 is 73.5 Å². The van der Waals surface area contributed by atoms with E-state index in [-0.39, 0.29) is 60.1 Å². The highest BCUT2D eigenvalue weighted by Gasteiger charge is 2.37. The molecular weight excluding hydrogens is 1540 g/mol. The topological polar surface area (TPSA) is 629 Å². The highest BCUT2D eigenvalue weighted by molar-refractivity contribution is 7.85. The maximum Gasteiger partial charge on any atom is 0.303 e. The molecular formula is C75H96N14O26S. The monoisotopic (exact) mass is 1640 g/mol. The maximum absolute atomic E-state index is 14.9. The summed E-state index contributed by atoms with van der Waals surface area (Å²) in [6, 6.07) is 4.35. The first-order valence-electron chi connectivity index (χ1n) is 36.6. The van der Waals surface area contributed by atoms with Crippen LogP contribution in [0.15, 0.2) is 107 Å². The Labute approximate surface area is 665 Å². The molecule has 0 aliphatic carbocycles. The Morgan fingerprint density at radius 2 is 1.02 bits per heavy atom. The van der Waals surface area contributed by atoms with Crippen LogP contribution in [-0.4, -0.2) is 213 Å². The summed E-state index contributed by atoms with van der Waals surface area (Å²) in [5.41, 5.74) is 7.04. The van der Waals surface area contributed by atoms with E-state index in [2.05, 4.69) is 63.5 Å². The molecule has 116 heavy (non-hydrogen) atoms. The quantitative estimate of drug-likeness (QED) is 0.0162. The van der Waals surface area contributed by atoms with E-state index >= 15 is 0 Å². The molecule has 0 unspecified atom stereocenters. The van der Waals surface area contributed by atoms with Gasteiger partial charge in [-0.05, 0) is 98.9 Å². The van der Waals surface area contributed by atoms with Gasteiger partial charge in [-0.15, -0.1) is 0 Å². The number of phenols is 1. The lowest BCUT2D eigenvalue weighted by molar-refractivity contribution is -0.688. The number of aromatic nitrogens is 2. The molecule has 0 aliphatic rings. The molecule has 0 spiro atoms. The Morgan fingerprint density at radius 3 is 1.50 bits per heavy atom. The number of pyridine rings is 1. The molecule has 0 aliphatic heterocycles. The lowest BCUT2D eigenvalue weighted by atomic mass is 9.96. The first kappa shape index (κ1) is 93.6. The van der Waals surface area contributed by atoms with Gasteiger partial charge in [0.25, 0.3) is 5.91 Å². The standard InChI is InChI=1S/C75H96N14O26S/c1-8-39(3)63(73(109)85-51(20-25-61(97)98)68(104)80-41(5)65(76)101)87-71(107)50(19-24-60(95)96)82-58(92)37-78-67(103)54(34-43-13-16-48(91)17-14-43)86-74(110)64(40(4)9-2)88-72(108)53(84-70(106)52(21-26-62(99)100)83-69(105)49(81-42(6)90)18-23-59(93)94)27-30-77-66(102)47-12-10-11-44(33-47)38-89-31-28-45(29-32-89)75-79-36-56(115-75)46-15-22-55(114-7)57(35-46)116(111,112)113/h10-17,22,28-29,31-33,35-36,39-41,49-54,63-64H,8-9,18-21,23-27,30,34,37-38H2,1-7H3,(H18-,76,77,78,80,81,82,83,84,85,86,87,88,90,91,92,93,94,95,96,97,98,99,100,101,102,103,104,105,106,107,108,109,110,111,112,113)/t39-,40-,41-,49-,50-,51-,52-,53-,54-,63-,64-/m0/s1. The fourth-order valence-electron chi connectivity index (χ4n) is 11.4. The highest BCUT2D eigenvalue weighted by atomic mass is 32.2. The lowest BCUT2D eigenvalue weighted by Crippen LogP contribution is -2.61. The number of rotatable bonds is 48. The van der Waals surface area contributed by atoms with Gasteiger partial charge >= 0.3 is 23.9 Å². The third-order valence-electron chi connectivity index (χ3n) is 18.3. The van der Waals surface area contributed by atoms with Crippen LogP contribution in [-0.2, 0) is 95.0 Å². The molecule has 0 bridgehead atoms. The van der Waals surface area contributed by atoms with Crippen LogP contribution in [0.5, 0.6) is 11.5 Å². The number of hydrogen-bond acceptors (Lipinski definition) is 23. The number of benzene rings is 3. The highest BCUT2D eigenvalue weighted by Crippen LogP contribution is 2.32. The van der Waals surface area contributed by atoms with E-state index in [0.29, 0.717) is 16.7 Å². The molecule has 0 radical (unpaired) electrons. The molecule has 2 aromatic heterocycles. The van der Waals surface area contributed by atoms with Crippen molar-refractivity contribution in [2.45, 2.75) is 184 Å². The molecule has 628 valence electrons. The first-order chi connectivity index (χ1) is 54.7. The average Bonchev–Trinajstić information content (AvgIpc) is 1.49. The predicted molar refractivity (Wildman–Crippen MR) is 404 cm³/mol. The molecule has 41 heteroatoms. The number of hydrogen-bond donors (Lipinski definition) is 17. The number of phenolic OH excluding ortho intramolecular Hbond substituents is 1. The summed E-state index contributed by atoms with van der Waals surface area (Å²) in [5.74, 6) is -19.4. The van der Waals surface area contributed by atoms with E-state index in [1.165, 1.54) is 76.5 Å². The van der Waals surface area contributed by atoms with Gasteiger partial charge in [-0.25, -0.2) is 18.0 Å². The Hall–Kier alpha value is -12.9. The molecule has 12 amide bonds. The fourth-order valence-corrected chi connectivity index (χ4v) is 12.0. The SMILES string of the molecule is CC[C@H](C)[C@H](NC(=O)[C@H](CCNC(=O)c1cccc(C[n+]2ccc(-c3ncc(-c4ccc(OC)c(S(=O)(=O)[O-])c4)o3)cc2)c1)NC(=O)[C@H](CCC(=O)O)NC(=O)[C@H](CCC(=O)O)NC(C)=O)C(=O)N[C@@H](Cc1ccc(O)cc1)C(=O)NCC(=O)N[C@@H](CCC(=O)O)C(=O)N[C@H](C(=O)N[C@@H](CCC(=O)O)C(=O)N[C@@H](C)C(N)=O)[C@@H](C)CC. The second kappa shape index (κ2) is 45.1. The Bertz CT molecular complexity index is 4500. The minimum atomic E-state index is -4.92. The summed E-state index contributed by atoms with van der Waals surface area (Å²) in [6.07, 6.45) is -0.834. The van der Waals surface area contributed by atoms with Gasteiger partial charge in [0.15, 0.2) is 24.7 Å². The summed E-state index contributed by atoms with van der Waals surface area (Å²) in [5, 5.41) is 74.9. The number of amides is 12. The molecule has 0 saturated carbocycles. The molecule has 0 fully saturated rings. The zero-order valence-electron chi connectivity index (χ0n) is 64.4. The Morgan fingerprint density at radius 1 is 0.543 bits per heavy atom. The van der Waals surface area contributed by atoms with Crippen molar-refractivity contribution in [2.24, 2.45) is 17.6 Å². The number of ether oxygens (including phenoxy) is 1. The minimum Gasteiger partial charge on any atom is -0.744 e. The second-order valence-electron chi connectivity index (χ2n) is 27.2. The van der Waals surface area contributed by atoms with Crippen molar-refractivity contribution >= 4 is 105 Å². The molecule has 5 rings (SSSR count). The number of carbonyl (C=O) groups is 16. The van der Waals surface area contributed by atoms with Gasteiger partial charge in [0.05, 0.1) is 24.7 Å². The number of aliphatic carboxylic acids is 4. The summed E-state index contributed by atoms with van der Waals surface area (Å²) in [6.45, 7) is 7.38. The van der Waals surface area contributed by atoms with Gasteiger partial charge < -0.3 is 103 Å². The fraction of sp³-hybridized carbons (Fsp3) is 0.440. The molecule has 2 heterocycles. The molecule has 5 aromatic rings. The van der Waals surface area contributed by atoms with Crippen LogP contribution in [0.3, 0.4) is 0 Å². The van der Waals surface area contributed by atoms with E-state index in [4.69, 9.17) is 14.9 Å². The smallest absolute Gasteiger partial charge is 0.303 e. The third-order valence-corrected chi connectivity index (χ3v) is 19.1. The molecule has 0 saturated heterocycles. The van der Waals surface area contributed by atoms with Crippen molar-refractivity contribution in [3.63, 3.8) is 0 Å². The van der Waals surface area contributed by atoms with Crippen LogP contribution in [0.2, 0.25) is 0 Å². The summed E-state index contributed by atoms with van der Waals surface area (Å²) in [4.78, 5) is 216. The summed E-state index contributed by atoms with van der Waals surface area (Å²) < 4.78 is 48.5. The molecule has 18 N–H and O–H groups in total. The minimum absolute atomic E-state index is 0.113. The molecule has 11 atom stereocenters. The number of nitrogens with zero attached hydrogens (tertiary/aromatic N) is 2. The van der Waals surface area contributed by atoms with E-state index in [1.807, 2.05) is 0 Å². The number of aromatic hydroxyl groups is 1. The van der Waals surface area contributed by atoms with Crippen molar-refractivity contribution in [3.8, 4) is 34.3 Å². The predicted octanol–water partition coefficient (Wildman–Crippen LogP) is -1.12. The van der Waals surface area contributed by atoms with Crippen molar-refractivity contribution in [2.75, 3.05) is 20.2 Å². The van der Waals surface area contributed by atoms with Crippen LogP contribution >= 0.6 is 0 Å². The van der Waals surface area contributed by atoms with Crippen molar-refractivity contribution < 1.29 is 129 Å².